The van der Waals surface area contributed by atoms with Crippen molar-refractivity contribution in [1.82, 2.24) is 9.78 Å². The Balaban J connectivity index is 2.15. The van der Waals surface area contributed by atoms with E-state index in [9.17, 15) is 0 Å². The molecule has 5 heteroatoms. The van der Waals surface area contributed by atoms with Gasteiger partial charge in [0.1, 0.15) is 5.82 Å². The fourth-order valence-corrected chi connectivity index (χ4v) is 2.10. The summed E-state index contributed by atoms with van der Waals surface area (Å²) in [4.78, 5) is 0. The van der Waals surface area contributed by atoms with Gasteiger partial charge in [0.25, 0.3) is 0 Å². The maximum Gasteiger partial charge on any atom is 0.231 e. The quantitative estimate of drug-likeness (QED) is 0.811. The fourth-order valence-electron chi connectivity index (χ4n) is 2.10. The maximum atomic E-state index is 5.80. The van der Waals surface area contributed by atoms with E-state index in [0.717, 1.165) is 28.3 Å². The molecular weight excluding hydrogens is 218 g/mol. The van der Waals surface area contributed by atoms with E-state index in [4.69, 9.17) is 15.2 Å². The van der Waals surface area contributed by atoms with Crippen molar-refractivity contribution >= 4 is 5.82 Å². The molecule has 17 heavy (non-hydrogen) atoms. The normalized spacial score (nSPS) is 13.1. The lowest BCUT2D eigenvalue weighted by atomic mass is 10.1. The standard InChI is InChI=1S/C12H13N3O2/c1-7-11(15(2)14-12(7)13)8-3-4-9-10(5-8)17-6-16-9/h3-5H,6H2,1-2H3,(H2,13,14). The van der Waals surface area contributed by atoms with E-state index in [1.165, 1.54) is 0 Å². The van der Waals surface area contributed by atoms with Crippen LogP contribution in [-0.4, -0.2) is 16.6 Å². The predicted octanol–water partition coefficient (Wildman–Crippen LogP) is 1.71. The second-order valence-electron chi connectivity index (χ2n) is 4.05. The van der Waals surface area contributed by atoms with Gasteiger partial charge in [0, 0.05) is 18.2 Å². The minimum absolute atomic E-state index is 0.283. The van der Waals surface area contributed by atoms with E-state index in [0.29, 0.717) is 5.82 Å². The SMILES string of the molecule is Cc1c(N)nn(C)c1-c1ccc2c(c1)OCO2. The molecule has 1 aliphatic rings. The summed E-state index contributed by atoms with van der Waals surface area (Å²) in [5.74, 6) is 2.10. The number of benzene rings is 1. The van der Waals surface area contributed by atoms with Gasteiger partial charge >= 0.3 is 0 Å². The molecule has 0 aliphatic carbocycles. The number of nitrogens with two attached hydrogens (primary N) is 1. The average molecular weight is 231 g/mol. The highest BCUT2D eigenvalue weighted by Gasteiger charge is 2.17. The molecule has 0 spiro atoms. The Kier molecular flexibility index (Phi) is 2.01. The smallest absolute Gasteiger partial charge is 0.231 e. The summed E-state index contributed by atoms with van der Waals surface area (Å²) in [5.41, 5.74) is 8.81. The van der Waals surface area contributed by atoms with Crippen LogP contribution in [0, 0.1) is 6.92 Å². The zero-order valence-corrected chi connectivity index (χ0v) is 9.73. The van der Waals surface area contributed by atoms with E-state index in [1.807, 2.05) is 32.2 Å². The molecule has 0 fully saturated rings. The lowest BCUT2D eigenvalue weighted by Gasteiger charge is -2.05. The monoisotopic (exact) mass is 231 g/mol. The van der Waals surface area contributed by atoms with Crippen molar-refractivity contribution in [1.29, 1.82) is 0 Å². The molecule has 2 heterocycles. The van der Waals surface area contributed by atoms with Crippen molar-refractivity contribution in [2.75, 3.05) is 12.5 Å². The molecule has 2 aromatic rings. The van der Waals surface area contributed by atoms with Crippen LogP contribution in [0.3, 0.4) is 0 Å². The Morgan fingerprint density at radius 1 is 1.29 bits per heavy atom. The molecule has 0 atom stereocenters. The summed E-state index contributed by atoms with van der Waals surface area (Å²) in [5, 5.41) is 4.20. The van der Waals surface area contributed by atoms with Crippen molar-refractivity contribution in [3.8, 4) is 22.8 Å². The number of fused-ring (bicyclic) bond motifs is 1. The third kappa shape index (κ3) is 1.43. The predicted molar refractivity (Wildman–Crippen MR) is 63.9 cm³/mol. The highest BCUT2D eigenvalue weighted by atomic mass is 16.7. The summed E-state index contributed by atoms with van der Waals surface area (Å²) in [7, 11) is 1.88. The van der Waals surface area contributed by atoms with Gasteiger partial charge in [-0.05, 0) is 25.1 Å². The number of nitrogen functional groups attached to an aromatic ring is 1. The van der Waals surface area contributed by atoms with Crippen LogP contribution in [0.4, 0.5) is 5.82 Å². The minimum Gasteiger partial charge on any atom is -0.454 e. The van der Waals surface area contributed by atoms with Crippen molar-refractivity contribution in [3.05, 3.63) is 23.8 Å². The first-order valence-electron chi connectivity index (χ1n) is 5.36. The molecule has 2 N–H and O–H groups in total. The molecule has 1 aromatic carbocycles. The lowest BCUT2D eigenvalue weighted by Crippen LogP contribution is -1.95. The molecule has 1 aromatic heterocycles. The average Bonchev–Trinajstić information content (AvgIpc) is 2.84. The zero-order chi connectivity index (χ0) is 12.0. The molecule has 5 nitrogen and oxygen atoms in total. The number of aryl methyl sites for hydroxylation is 1. The largest absolute Gasteiger partial charge is 0.454 e. The van der Waals surface area contributed by atoms with Gasteiger partial charge in [-0.25, -0.2) is 0 Å². The molecule has 1 aliphatic heterocycles. The number of hydrogen-bond donors (Lipinski definition) is 1. The number of nitrogens with zero attached hydrogens (tertiary/aromatic N) is 2. The van der Waals surface area contributed by atoms with Crippen LogP contribution in [0.1, 0.15) is 5.56 Å². The van der Waals surface area contributed by atoms with Crippen LogP contribution in [0.25, 0.3) is 11.3 Å². The van der Waals surface area contributed by atoms with Gasteiger partial charge in [0.2, 0.25) is 6.79 Å². The molecule has 88 valence electrons. The maximum absolute atomic E-state index is 5.80. The van der Waals surface area contributed by atoms with E-state index >= 15 is 0 Å². The van der Waals surface area contributed by atoms with Crippen molar-refractivity contribution in [3.63, 3.8) is 0 Å². The van der Waals surface area contributed by atoms with E-state index in [1.54, 1.807) is 4.68 Å². The third-order valence-corrected chi connectivity index (χ3v) is 2.97. The number of anilines is 1. The molecular formula is C12H13N3O2. The first kappa shape index (κ1) is 10.0. The van der Waals surface area contributed by atoms with Crippen LogP contribution in [0.5, 0.6) is 11.5 Å². The Labute approximate surface area is 98.8 Å². The van der Waals surface area contributed by atoms with E-state index in [-0.39, 0.29) is 6.79 Å². The number of rotatable bonds is 1. The molecule has 0 radical (unpaired) electrons. The Morgan fingerprint density at radius 3 is 2.76 bits per heavy atom. The number of aromatic nitrogens is 2. The van der Waals surface area contributed by atoms with E-state index in [2.05, 4.69) is 5.10 Å². The summed E-state index contributed by atoms with van der Waals surface area (Å²) >= 11 is 0. The van der Waals surface area contributed by atoms with E-state index < -0.39 is 0 Å². The van der Waals surface area contributed by atoms with Crippen LogP contribution in [0.2, 0.25) is 0 Å². The lowest BCUT2D eigenvalue weighted by molar-refractivity contribution is 0.174. The van der Waals surface area contributed by atoms with Gasteiger partial charge < -0.3 is 15.2 Å². The van der Waals surface area contributed by atoms with Crippen LogP contribution in [-0.2, 0) is 7.05 Å². The van der Waals surface area contributed by atoms with Crippen molar-refractivity contribution < 1.29 is 9.47 Å². The van der Waals surface area contributed by atoms with Gasteiger partial charge in [0.05, 0.1) is 5.69 Å². The van der Waals surface area contributed by atoms with Crippen LogP contribution < -0.4 is 15.2 Å². The van der Waals surface area contributed by atoms with Gasteiger partial charge in [-0.2, -0.15) is 5.10 Å². The number of hydrogen-bond acceptors (Lipinski definition) is 4. The summed E-state index contributed by atoms with van der Waals surface area (Å²) < 4.78 is 12.4. The summed E-state index contributed by atoms with van der Waals surface area (Å²) in [6.07, 6.45) is 0. The minimum atomic E-state index is 0.283. The van der Waals surface area contributed by atoms with Crippen LogP contribution in [0.15, 0.2) is 18.2 Å². The fraction of sp³-hybridized carbons (Fsp3) is 0.250. The summed E-state index contributed by atoms with van der Waals surface area (Å²) in [6, 6.07) is 5.84. The molecule has 0 bridgehead atoms. The zero-order valence-electron chi connectivity index (χ0n) is 9.73. The number of ether oxygens (including phenoxy) is 2. The second kappa shape index (κ2) is 3.41. The van der Waals surface area contributed by atoms with Crippen molar-refractivity contribution in [2.45, 2.75) is 6.92 Å². The van der Waals surface area contributed by atoms with Gasteiger partial charge in [-0.3, -0.25) is 4.68 Å². The van der Waals surface area contributed by atoms with Gasteiger partial charge in [0.15, 0.2) is 11.5 Å². The first-order chi connectivity index (χ1) is 8.16. The molecule has 0 amide bonds. The van der Waals surface area contributed by atoms with Gasteiger partial charge in [-0.1, -0.05) is 0 Å². The third-order valence-electron chi connectivity index (χ3n) is 2.97. The molecule has 3 rings (SSSR count). The molecule has 0 saturated heterocycles. The Morgan fingerprint density at radius 2 is 2.06 bits per heavy atom. The highest BCUT2D eigenvalue weighted by Crippen LogP contribution is 2.37. The Hall–Kier alpha value is -2.17. The Bertz CT molecular complexity index is 590. The highest BCUT2D eigenvalue weighted by molar-refractivity contribution is 5.71. The molecule has 0 saturated carbocycles. The van der Waals surface area contributed by atoms with Gasteiger partial charge in [-0.15, -0.1) is 0 Å². The molecule has 0 unspecified atom stereocenters. The summed E-state index contributed by atoms with van der Waals surface area (Å²) in [6.45, 7) is 2.24. The first-order valence-corrected chi connectivity index (χ1v) is 5.36. The van der Waals surface area contributed by atoms with Crippen LogP contribution >= 0.6 is 0 Å². The second-order valence-corrected chi connectivity index (χ2v) is 4.05. The topological polar surface area (TPSA) is 62.3 Å². The van der Waals surface area contributed by atoms with Crippen molar-refractivity contribution in [2.24, 2.45) is 7.05 Å².